The van der Waals surface area contributed by atoms with Gasteiger partial charge in [-0.05, 0) is 50.7 Å². The van der Waals surface area contributed by atoms with Crippen LogP contribution in [0.15, 0.2) is 43.2 Å². The Morgan fingerprint density at radius 1 is 0.970 bits per heavy atom. The maximum atomic E-state index is 11.6. The summed E-state index contributed by atoms with van der Waals surface area (Å²) in [6.45, 7) is 1.73. The zero-order valence-electron chi connectivity index (χ0n) is 18.5. The maximum Gasteiger partial charge on any atom is 0.419 e. The van der Waals surface area contributed by atoms with Gasteiger partial charge in [0.05, 0.1) is 12.3 Å². The predicted molar refractivity (Wildman–Crippen MR) is 116 cm³/mol. The van der Waals surface area contributed by atoms with Gasteiger partial charge in [0, 0.05) is 38.0 Å². The van der Waals surface area contributed by atoms with Gasteiger partial charge in [0.1, 0.15) is 31.1 Å². The zero-order chi connectivity index (χ0) is 22.9. The molecule has 0 aliphatic carbocycles. The average molecular weight is 459 g/mol. The average Bonchev–Trinajstić information content (AvgIpc) is 3.66. The van der Waals surface area contributed by atoms with Gasteiger partial charge in [-0.25, -0.2) is 23.7 Å². The number of nitrogens with zero attached hydrogens (tertiary/aromatic N) is 6. The number of hydrogen-bond donors (Lipinski definition) is 1. The fourth-order valence-electron chi connectivity index (χ4n) is 3.68. The molecule has 178 valence electrons. The summed E-state index contributed by atoms with van der Waals surface area (Å²) in [5.74, 6) is 0. The molecule has 5 heterocycles. The van der Waals surface area contributed by atoms with Crippen LogP contribution in [0.1, 0.15) is 62.4 Å². The molecule has 0 saturated carbocycles. The Bertz CT molecular complexity index is 973. The summed E-state index contributed by atoms with van der Waals surface area (Å²) in [6.07, 6.45) is 14.4. The summed E-state index contributed by atoms with van der Waals surface area (Å²) in [4.78, 5) is 15.4. The molecule has 0 amide bonds. The molecule has 0 bridgehead atoms. The largest absolute Gasteiger partial charge is 0.442 e. The Kier molecular flexibility index (Phi) is 8.23. The number of carbonyl (C=O) groups excluding carboxylic acids is 1. The van der Waals surface area contributed by atoms with Gasteiger partial charge < -0.3 is 19.3 Å². The molecule has 2 aliphatic heterocycles. The van der Waals surface area contributed by atoms with E-state index in [4.69, 9.17) is 19.3 Å². The second-order valence-electron chi connectivity index (χ2n) is 7.90. The van der Waals surface area contributed by atoms with Gasteiger partial charge in [0.15, 0.2) is 0 Å². The van der Waals surface area contributed by atoms with Crippen molar-refractivity contribution in [3.8, 4) is 0 Å². The van der Waals surface area contributed by atoms with E-state index in [1.807, 2.05) is 24.5 Å². The highest BCUT2D eigenvalue weighted by molar-refractivity contribution is 5.69. The van der Waals surface area contributed by atoms with Crippen molar-refractivity contribution in [2.24, 2.45) is 0 Å². The molecule has 2 saturated heterocycles. The van der Waals surface area contributed by atoms with E-state index in [1.165, 1.54) is 29.7 Å². The lowest BCUT2D eigenvalue weighted by Gasteiger charge is -2.22. The third-order valence-corrected chi connectivity index (χ3v) is 5.45. The molecule has 11 nitrogen and oxygen atoms in total. The normalized spacial score (nSPS) is 20.6. The van der Waals surface area contributed by atoms with Crippen molar-refractivity contribution < 1.29 is 24.1 Å². The number of carbonyl (C=O) groups is 1. The van der Waals surface area contributed by atoms with Gasteiger partial charge in [0.25, 0.3) is 0 Å². The molecular weight excluding hydrogens is 428 g/mol. The number of hydrogen-bond acceptors (Lipinski definition) is 8. The number of aromatic nitrogens is 6. The molecular formula is C22H30N6O5. The Labute approximate surface area is 191 Å². The van der Waals surface area contributed by atoms with Crippen LogP contribution in [-0.2, 0) is 27.4 Å². The molecule has 2 atom stereocenters. The van der Waals surface area contributed by atoms with Crippen molar-refractivity contribution in [3.63, 3.8) is 0 Å². The van der Waals surface area contributed by atoms with Crippen molar-refractivity contribution in [1.29, 1.82) is 0 Å². The fourth-order valence-corrected chi connectivity index (χ4v) is 3.68. The van der Waals surface area contributed by atoms with Crippen LogP contribution < -0.4 is 0 Å². The van der Waals surface area contributed by atoms with Crippen LogP contribution in [0.3, 0.4) is 0 Å². The van der Waals surface area contributed by atoms with Crippen LogP contribution in [0.2, 0.25) is 0 Å². The minimum absolute atomic E-state index is 0.000278. The van der Waals surface area contributed by atoms with Crippen LogP contribution in [-0.4, -0.2) is 53.5 Å². The van der Waals surface area contributed by atoms with E-state index in [0.717, 1.165) is 45.3 Å². The molecule has 0 aromatic carbocycles. The quantitative estimate of drug-likeness (QED) is 0.620. The van der Waals surface area contributed by atoms with E-state index in [1.54, 1.807) is 9.36 Å². The van der Waals surface area contributed by atoms with Gasteiger partial charge in [0.2, 0.25) is 0 Å². The van der Waals surface area contributed by atoms with Crippen LogP contribution >= 0.6 is 0 Å². The van der Waals surface area contributed by atoms with E-state index in [9.17, 15) is 4.79 Å². The van der Waals surface area contributed by atoms with E-state index in [2.05, 4.69) is 15.2 Å². The van der Waals surface area contributed by atoms with Crippen molar-refractivity contribution in [2.45, 2.75) is 64.2 Å². The van der Waals surface area contributed by atoms with Crippen LogP contribution in [0.4, 0.5) is 4.79 Å². The smallest absolute Gasteiger partial charge is 0.419 e. The number of aliphatic hydroxyl groups is 1. The second kappa shape index (κ2) is 11.7. The summed E-state index contributed by atoms with van der Waals surface area (Å²) >= 11 is 0. The number of imidazole rings is 1. The Morgan fingerprint density at radius 3 is 2.12 bits per heavy atom. The molecule has 0 spiro atoms. The van der Waals surface area contributed by atoms with Gasteiger partial charge >= 0.3 is 6.09 Å². The summed E-state index contributed by atoms with van der Waals surface area (Å²) in [5, 5.41) is 17.4. The van der Waals surface area contributed by atoms with Gasteiger partial charge in [-0.2, -0.15) is 10.2 Å². The highest BCUT2D eigenvalue weighted by Crippen LogP contribution is 2.22. The maximum absolute atomic E-state index is 11.6. The molecule has 33 heavy (non-hydrogen) atoms. The molecule has 2 unspecified atom stereocenters. The second-order valence-corrected chi connectivity index (χ2v) is 7.90. The lowest BCUT2D eigenvalue weighted by Crippen LogP contribution is -2.19. The first-order valence-corrected chi connectivity index (χ1v) is 11.3. The van der Waals surface area contributed by atoms with E-state index in [0.29, 0.717) is 11.4 Å². The van der Waals surface area contributed by atoms with Crippen LogP contribution in [0, 0.1) is 0 Å². The van der Waals surface area contributed by atoms with Crippen molar-refractivity contribution in [1.82, 2.24) is 29.1 Å². The summed E-state index contributed by atoms with van der Waals surface area (Å²) in [5.41, 5.74) is 1.40. The summed E-state index contributed by atoms with van der Waals surface area (Å²) in [7, 11) is 0. The zero-order valence-corrected chi connectivity index (χ0v) is 18.5. The highest BCUT2D eigenvalue weighted by Gasteiger charge is 2.17. The highest BCUT2D eigenvalue weighted by atomic mass is 16.5. The van der Waals surface area contributed by atoms with E-state index in [-0.39, 0.29) is 25.7 Å². The number of aliphatic hydroxyl groups excluding tert-OH is 1. The standard InChI is InChI=1S/C13H16N4O3.C9H14N2O2/c18-13(16-7-5-14-10-16)20-9-11-4-6-17(15-11)12-3-1-2-8-19-12;12-7-8-4-5-11(10-8)9-3-1-2-6-13-9/h4-7,10,12H,1-3,8-9H2;4-5,9,12H,1-3,6-7H2. The van der Waals surface area contributed by atoms with Gasteiger partial charge in [-0.1, -0.05) is 0 Å². The van der Waals surface area contributed by atoms with Crippen LogP contribution in [0.25, 0.3) is 0 Å². The molecule has 3 aromatic rings. The topological polar surface area (TPSA) is 118 Å². The molecule has 5 rings (SSSR count). The molecule has 1 N–H and O–H groups in total. The fraction of sp³-hybridized carbons (Fsp3) is 0.545. The van der Waals surface area contributed by atoms with E-state index >= 15 is 0 Å². The SMILES string of the molecule is O=C(OCc1ccn(C2CCCCO2)n1)n1ccnc1.OCc1ccn(C2CCCCO2)n1. The first-order chi connectivity index (χ1) is 16.2. The molecule has 11 heteroatoms. The molecule has 0 radical (unpaired) electrons. The third-order valence-electron chi connectivity index (χ3n) is 5.45. The Hall–Kier alpha value is -3.02. The monoisotopic (exact) mass is 458 g/mol. The van der Waals surface area contributed by atoms with Crippen molar-refractivity contribution in [3.05, 3.63) is 54.6 Å². The minimum Gasteiger partial charge on any atom is -0.442 e. The third kappa shape index (κ3) is 6.50. The molecule has 2 aliphatic rings. The predicted octanol–water partition coefficient (Wildman–Crippen LogP) is 3.04. The Balaban J connectivity index is 0.000000172. The van der Waals surface area contributed by atoms with E-state index < -0.39 is 6.09 Å². The first kappa shape index (κ1) is 23.1. The summed E-state index contributed by atoms with van der Waals surface area (Å²) < 4.78 is 21.2. The van der Waals surface area contributed by atoms with Gasteiger partial charge in [-0.15, -0.1) is 0 Å². The number of rotatable bonds is 5. The minimum atomic E-state index is -0.467. The molecule has 3 aromatic heterocycles. The lowest BCUT2D eigenvalue weighted by atomic mass is 10.2. The van der Waals surface area contributed by atoms with Crippen LogP contribution in [0.5, 0.6) is 0 Å². The van der Waals surface area contributed by atoms with Crippen molar-refractivity contribution in [2.75, 3.05) is 13.2 Å². The number of ether oxygens (including phenoxy) is 3. The first-order valence-electron chi connectivity index (χ1n) is 11.3. The van der Waals surface area contributed by atoms with Crippen molar-refractivity contribution >= 4 is 6.09 Å². The summed E-state index contributed by atoms with van der Waals surface area (Å²) in [6, 6.07) is 3.65. The molecule has 2 fully saturated rings. The lowest BCUT2D eigenvalue weighted by molar-refractivity contribution is -0.0399. The Morgan fingerprint density at radius 2 is 1.61 bits per heavy atom. The van der Waals surface area contributed by atoms with Gasteiger partial charge in [-0.3, -0.25) is 0 Å².